The molecule has 0 radical (unpaired) electrons. The Labute approximate surface area is 188 Å². The fourth-order valence-electron chi connectivity index (χ4n) is 5.39. The standard InChI is InChI=1S/C24H31ClN4O2/c1-14-18-10-16(24(18,2)3)11-19(14)27-20-12-26-29(23(31)22(20)25)13-21(30)15-6-8-17(9-7-15)28(4)5/h6-9,12,14,16,18-19,27H,10-11,13H2,1-5H3/t14-,16+,18+,19+/m0/s1. The highest BCUT2D eigenvalue weighted by atomic mass is 35.5. The van der Waals surface area contributed by atoms with E-state index < -0.39 is 5.56 Å². The Morgan fingerprint density at radius 1 is 1.26 bits per heavy atom. The monoisotopic (exact) mass is 442 g/mol. The zero-order valence-electron chi connectivity index (χ0n) is 18.9. The van der Waals surface area contributed by atoms with E-state index in [1.807, 2.05) is 31.1 Å². The molecule has 3 aliphatic carbocycles. The number of ketones is 1. The maximum Gasteiger partial charge on any atom is 0.288 e. The highest BCUT2D eigenvalue weighted by molar-refractivity contribution is 6.32. The van der Waals surface area contributed by atoms with Gasteiger partial charge in [0.15, 0.2) is 5.78 Å². The number of fused-ring (bicyclic) bond motifs is 2. The molecule has 6 nitrogen and oxygen atoms in total. The summed E-state index contributed by atoms with van der Waals surface area (Å²) >= 11 is 6.40. The minimum atomic E-state index is -0.445. The van der Waals surface area contributed by atoms with Crippen molar-refractivity contribution in [2.24, 2.45) is 23.2 Å². The van der Waals surface area contributed by atoms with Crippen LogP contribution in [0.4, 0.5) is 11.4 Å². The van der Waals surface area contributed by atoms with Gasteiger partial charge in [-0.1, -0.05) is 32.4 Å². The Kier molecular flexibility index (Phi) is 5.63. The van der Waals surface area contributed by atoms with Gasteiger partial charge >= 0.3 is 0 Å². The van der Waals surface area contributed by atoms with E-state index in [4.69, 9.17) is 11.6 Å². The molecule has 2 bridgehead atoms. The highest BCUT2D eigenvalue weighted by Crippen LogP contribution is 2.61. The van der Waals surface area contributed by atoms with Crippen molar-refractivity contribution in [1.82, 2.24) is 9.78 Å². The quantitative estimate of drug-likeness (QED) is 0.674. The molecule has 3 saturated carbocycles. The lowest BCUT2D eigenvalue weighted by molar-refractivity contribution is -0.105. The first-order valence-corrected chi connectivity index (χ1v) is 11.3. The maximum atomic E-state index is 12.8. The number of carbonyl (C=O) groups excluding carboxylic acids is 1. The molecule has 166 valence electrons. The Hall–Kier alpha value is -2.34. The van der Waals surface area contributed by atoms with E-state index in [9.17, 15) is 9.59 Å². The topological polar surface area (TPSA) is 67.2 Å². The predicted molar refractivity (Wildman–Crippen MR) is 125 cm³/mol. The first-order chi connectivity index (χ1) is 14.6. The number of nitrogens with zero attached hydrogens (tertiary/aromatic N) is 3. The lowest BCUT2D eigenvalue weighted by Crippen LogP contribution is -2.58. The first kappa shape index (κ1) is 21.9. The number of rotatable bonds is 6. The molecule has 4 atom stereocenters. The van der Waals surface area contributed by atoms with E-state index >= 15 is 0 Å². The normalized spacial score (nSPS) is 26.1. The van der Waals surface area contributed by atoms with Crippen LogP contribution in [0.1, 0.15) is 44.0 Å². The van der Waals surface area contributed by atoms with E-state index in [0.29, 0.717) is 34.4 Å². The van der Waals surface area contributed by atoms with Gasteiger partial charge in [0, 0.05) is 31.4 Å². The van der Waals surface area contributed by atoms with Gasteiger partial charge in [-0.05, 0) is 60.3 Å². The van der Waals surface area contributed by atoms with Crippen molar-refractivity contribution >= 4 is 28.8 Å². The lowest BCUT2D eigenvalue weighted by atomic mass is 9.45. The Morgan fingerprint density at radius 3 is 2.52 bits per heavy atom. The number of Topliss-reactive ketones (excluding diaryl/α,β-unsaturated/α-hetero) is 1. The predicted octanol–water partition coefficient (Wildman–Crippen LogP) is 4.33. The fourth-order valence-corrected chi connectivity index (χ4v) is 5.59. The van der Waals surface area contributed by atoms with Crippen molar-refractivity contribution in [2.45, 2.75) is 46.2 Å². The molecule has 0 aliphatic heterocycles. The van der Waals surface area contributed by atoms with Gasteiger partial charge in [0.25, 0.3) is 5.56 Å². The second kappa shape index (κ2) is 7.97. The van der Waals surface area contributed by atoms with Crippen molar-refractivity contribution < 1.29 is 4.79 Å². The summed E-state index contributed by atoms with van der Waals surface area (Å²) in [7, 11) is 3.88. The molecule has 0 unspecified atom stereocenters. The van der Waals surface area contributed by atoms with E-state index in [1.165, 1.54) is 6.42 Å². The highest BCUT2D eigenvalue weighted by Gasteiger charge is 2.56. The summed E-state index contributed by atoms with van der Waals surface area (Å²) < 4.78 is 1.14. The molecular weight excluding hydrogens is 412 g/mol. The number of anilines is 2. The van der Waals surface area contributed by atoms with Gasteiger partial charge in [0.1, 0.15) is 11.6 Å². The SMILES string of the molecule is C[C@H]1[C@H]2C[C@H](C[C@H]1Nc1cnn(CC(=O)c3ccc(N(C)C)cc3)c(=O)c1Cl)C2(C)C. The number of hydrogen-bond donors (Lipinski definition) is 1. The molecule has 0 amide bonds. The summed E-state index contributed by atoms with van der Waals surface area (Å²) in [5, 5.41) is 7.79. The summed E-state index contributed by atoms with van der Waals surface area (Å²) in [6.07, 6.45) is 3.94. The summed E-state index contributed by atoms with van der Waals surface area (Å²) in [5.41, 5.74) is 2.05. The van der Waals surface area contributed by atoms with Crippen molar-refractivity contribution in [2.75, 3.05) is 24.3 Å². The van der Waals surface area contributed by atoms with Crippen molar-refractivity contribution in [1.29, 1.82) is 0 Å². The van der Waals surface area contributed by atoms with E-state index in [-0.39, 0.29) is 23.4 Å². The second-order valence-electron chi connectivity index (χ2n) is 9.91. The van der Waals surface area contributed by atoms with Crippen LogP contribution in [-0.2, 0) is 6.54 Å². The lowest BCUT2D eigenvalue weighted by Gasteiger charge is -2.62. The molecule has 1 aromatic heterocycles. The van der Waals surface area contributed by atoms with Crippen LogP contribution in [0.15, 0.2) is 35.3 Å². The van der Waals surface area contributed by atoms with Gasteiger partial charge in [-0.15, -0.1) is 0 Å². The van der Waals surface area contributed by atoms with Crippen LogP contribution < -0.4 is 15.8 Å². The molecule has 0 spiro atoms. The van der Waals surface area contributed by atoms with E-state index in [1.54, 1.807) is 18.3 Å². The molecule has 3 aliphatic rings. The summed E-state index contributed by atoms with van der Waals surface area (Å²) in [6, 6.07) is 7.55. The Morgan fingerprint density at radius 2 is 1.94 bits per heavy atom. The van der Waals surface area contributed by atoms with Crippen molar-refractivity contribution in [3.63, 3.8) is 0 Å². The minimum absolute atomic E-state index is 0.0939. The molecule has 0 saturated heterocycles. The average molecular weight is 443 g/mol. The van der Waals surface area contributed by atoms with Crippen LogP contribution in [0.2, 0.25) is 5.02 Å². The number of hydrogen-bond acceptors (Lipinski definition) is 5. The molecule has 1 N–H and O–H groups in total. The molecule has 3 fully saturated rings. The van der Waals surface area contributed by atoms with Crippen molar-refractivity contribution in [3.8, 4) is 0 Å². The number of carbonyl (C=O) groups is 1. The molecule has 7 heteroatoms. The van der Waals surface area contributed by atoms with Gasteiger partial charge in [-0.25, -0.2) is 4.68 Å². The van der Waals surface area contributed by atoms with Crippen LogP contribution in [0.25, 0.3) is 0 Å². The van der Waals surface area contributed by atoms with Crippen LogP contribution in [0.3, 0.4) is 0 Å². The van der Waals surface area contributed by atoms with Crippen LogP contribution >= 0.6 is 11.6 Å². The van der Waals surface area contributed by atoms with Gasteiger partial charge in [-0.2, -0.15) is 5.10 Å². The second-order valence-corrected chi connectivity index (χ2v) is 10.3. The molecule has 31 heavy (non-hydrogen) atoms. The van der Waals surface area contributed by atoms with Crippen LogP contribution in [-0.4, -0.2) is 35.7 Å². The number of nitrogens with one attached hydrogen (secondary N) is 1. The summed E-state index contributed by atoms with van der Waals surface area (Å²) in [4.78, 5) is 27.4. The molecular formula is C24H31ClN4O2. The third-order valence-corrected chi connectivity index (χ3v) is 8.04. The largest absolute Gasteiger partial charge is 0.379 e. The summed E-state index contributed by atoms with van der Waals surface area (Å²) in [5.74, 6) is 1.72. The Bertz CT molecular complexity index is 1040. The van der Waals surface area contributed by atoms with Gasteiger partial charge in [-0.3, -0.25) is 9.59 Å². The van der Waals surface area contributed by atoms with Gasteiger partial charge in [0.2, 0.25) is 0 Å². The Balaban J connectivity index is 1.46. The third kappa shape index (κ3) is 3.86. The van der Waals surface area contributed by atoms with Crippen LogP contribution in [0.5, 0.6) is 0 Å². The fraction of sp³-hybridized carbons (Fsp3) is 0.542. The molecule has 1 heterocycles. The zero-order chi connectivity index (χ0) is 22.5. The zero-order valence-corrected chi connectivity index (χ0v) is 19.6. The first-order valence-electron chi connectivity index (χ1n) is 10.9. The third-order valence-electron chi connectivity index (χ3n) is 7.68. The number of aromatic nitrogens is 2. The molecule has 2 aromatic rings. The molecule has 5 rings (SSSR count). The van der Waals surface area contributed by atoms with Gasteiger partial charge < -0.3 is 10.2 Å². The number of halogens is 1. The van der Waals surface area contributed by atoms with Crippen LogP contribution in [0, 0.1) is 23.2 Å². The van der Waals surface area contributed by atoms with Crippen molar-refractivity contribution in [3.05, 3.63) is 51.4 Å². The maximum absolute atomic E-state index is 12.8. The average Bonchev–Trinajstić information content (AvgIpc) is 2.74. The van der Waals surface area contributed by atoms with Gasteiger partial charge in [0.05, 0.1) is 11.9 Å². The number of benzene rings is 1. The minimum Gasteiger partial charge on any atom is -0.379 e. The summed E-state index contributed by atoms with van der Waals surface area (Å²) in [6.45, 7) is 6.86. The van der Waals surface area contributed by atoms with E-state index in [2.05, 4.69) is 31.2 Å². The smallest absolute Gasteiger partial charge is 0.288 e. The van der Waals surface area contributed by atoms with E-state index in [0.717, 1.165) is 16.8 Å². The molecule has 1 aromatic carbocycles.